The molecule has 0 N–H and O–H groups in total. The van der Waals surface area contributed by atoms with Crippen molar-refractivity contribution in [3.8, 4) is 5.75 Å². The Morgan fingerprint density at radius 2 is 1.47 bits per heavy atom. The number of aryl methyl sites for hydroxylation is 1. The molecule has 0 unspecified atom stereocenters. The minimum atomic E-state index is 0.838. The highest BCUT2D eigenvalue weighted by Crippen LogP contribution is 2.32. The quantitative estimate of drug-likeness (QED) is 0.194. The molecule has 1 fully saturated rings. The fourth-order valence-electron chi connectivity index (χ4n) is 4.72. The van der Waals surface area contributed by atoms with E-state index in [9.17, 15) is 0 Å². The Labute approximate surface area is 187 Å². The van der Waals surface area contributed by atoms with Crippen LogP contribution in [-0.2, 0) is 6.42 Å². The van der Waals surface area contributed by atoms with Crippen LogP contribution in [0, 0.1) is 11.8 Å². The highest BCUT2D eigenvalue weighted by atomic mass is 16.5. The second-order valence-electron chi connectivity index (χ2n) is 9.50. The molecule has 1 aliphatic rings. The van der Waals surface area contributed by atoms with Crippen molar-refractivity contribution in [2.24, 2.45) is 11.8 Å². The Balaban J connectivity index is 1.53. The molecule has 0 saturated heterocycles. The lowest BCUT2D eigenvalue weighted by Gasteiger charge is -2.26. The zero-order valence-corrected chi connectivity index (χ0v) is 20.0. The number of hydrogen-bond acceptors (Lipinski definition) is 1. The summed E-state index contributed by atoms with van der Waals surface area (Å²) in [6.07, 6.45) is 26.6. The molecule has 170 valence electrons. The molecule has 0 aliphatic heterocycles. The Kier molecular flexibility index (Phi) is 13.7. The van der Waals surface area contributed by atoms with Crippen molar-refractivity contribution >= 4 is 0 Å². The van der Waals surface area contributed by atoms with Crippen molar-refractivity contribution in [1.82, 2.24) is 0 Å². The third-order valence-corrected chi connectivity index (χ3v) is 6.81. The highest BCUT2D eigenvalue weighted by Gasteiger charge is 2.18. The Hall–Kier alpha value is -1.24. The van der Waals surface area contributed by atoms with E-state index in [1.54, 1.807) is 0 Å². The molecule has 0 radical (unpaired) electrons. The first kappa shape index (κ1) is 25.0. The van der Waals surface area contributed by atoms with Gasteiger partial charge in [-0.05, 0) is 74.5 Å². The minimum absolute atomic E-state index is 0.838. The predicted octanol–water partition coefficient (Wildman–Crippen LogP) is 9.30. The fraction of sp³-hybridized carbons (Fsp3) is 0.724. The van der Waals surface area contributed by atoms with E-state index in [0.717, 1.165) is 37.0 Å². The molecule has 1 heteroatoms. The summed E-state index contributed by atoms with van der Waals surface area (Å²) in [5.41, 5.74) is 1.42. The number of rotatable bonds is 16. The molecule has 1 aliphatic carbocycles. The van der Waals surface area contributed by atoms with E-state index in [0.29, 0.717) is 0 Å². The molecule has 30 heavy (non-hydrogen) atoms. The number of unbranched alkanes of at least 4 members (excludes halogenated alkanes) is 7. The molecule has 0 aromatic heterocycles. The zero-order chi connectivity index (χ0) is 21.3. The summed E-state index contributed by atoms with van der Waals surface area (Å²) in [5.74, 6) is 2.88. The smallest absolute Gasteiger partial charge is 0.119 e. The standard InChI is InChI=1S/C29H48O/c1-3-5-7-8-9-13-25-30-29-23-21-28(22-24-29)16-12-11-15-27-19-17-26(18-20-27)14-10-6-4-2/h11,15,21-24,26-27H,3-10,12-14,16-20,25H2,1-2H3/b15-11+. The normalized spacial score (nSPS) is 19.4. The summed E-state index contributed by atoms with van der Waals surface area (Å²) in [6.45, 7) is 5.43. The van der Waals surface area contributed by atoms with Crippen LogP contribution in [0.3, 0.4) is 0 Å². The van der Waals surface area contributed by atoms with Crippen molar-refractivity contribution in [3.63, 3.8) is 0 Å². The number of benzene rings is 1. The maximum atomic E-state index is 5.90. The van der Waals surface area contributed by atoms with Gasteiger partial charge in [-0.1, -0.05) is 95.9 Å². The number of allylic oxidation sites excluding steroid dienone is 2. The summed E-state index contributed by atoms with van der Waals surface area (Å²) >= 11 is 0. The van der Waals surface area contributed by atoms with Gasteiger partial charge in [-0.25, -0.2) is 0 Å². The van der Waals surface area contributed by atoms with Gasteiger partial charge in [-0.3, -0.25) is 0 Å². The van der Waals surface area contributed by atoms with E-state index in [1.807, 2.05) is 0 Å². The minimum Gasteiger partial charge on any atom is -0.494 e. The van der Waals surface area contributed by atoms with Crippen LogP contribution in [0.25, 0.3) is 0 Å². The van der Waals surface area contributed by atoms with Gasteiger partial charge in [-0.2, -0.15) is 0 Å². The molecule has 1 saturated carbocycles. The lowest BCUT2D eigenvalue weighted by Crippen LogP contribution is -2.13. The lowest BCUT2D eigenvalue weighted by molar-refractivity contribution is 0.289. The van der Waals surface area contributed by atoms with Crippen molar-refractivity contribution in [3.05, 3.63) is 42.0 Å². The van der Waals surface area contributed by atoms with Gasteiger partial charge in [0.15, 0.2) is 0 Å². The molecule has 1 aromatic carbocycles. The van der Waals surface area contributed by atoms with Crippen LogP contribution >= 0.6 is 0 Å². The monoisotopic (exact) mass is 412 g/mol. The van der Waals surface area contributed by atoms with Gasteiger partial charge in [-0.15, -0.1) is 0 Å². The topological polar surface area (TPSA) is 9.23 Å². The van der Waals surface area contributed by atoms with Crippen molar-refractivity contribution in [2.45, 2.75) is 117 Å². The van der Waals surface area contributed by atoms with Crippen molar-refractivity contribution in [2.75, 3.05) is 6.61 Å². The Bertz CT molecular complexity index is 536. The molecule has 1 nitrogen and oxygen atoms in total. The highest BCUT2D eigenvalue weighted by molar-refractivity contribution is 5.27. The van der Waals surface area contributed by atoms with Crippen LogP contribution in [0.1, 0.15) is 116 Å². The van der Waals surface area contributed by atoms with Gasteiger partial charge in [0.2, 0.25) is 0 Å². The van der Waals surface area contributed by atoms with E-state index < -0.39 is 0 Å². The van der Waals surface area contributed by atoms with Crippen LogP contribution in [0.4, 0.5) is 0 Å². The molecule has 0 atom stereocenters. The zero-order valence-electron chi connectivity index (χ0n) is 20.0. The lowest BCUT2D eigenvalue weighted by atomic mass is 9.79. The molecular formula is C29H48O. The number of hydrogen-bond donors (Lipinski definition) is 0. The van der Waals surface area contributed by atoms with E-state index in [-0.39, 0.29) is 0 Å². The average Bonchev–Trinajstić information content (AvgIpc) is 2.78. The van der Waals surface area contributed by atoms with E-state index in [2.05, 4.69) is 50.3 Å². The van der Waals surface area contributed by atoms with Gasteiger partial charge in [0.25, 0.3) is 0 Å². The predicted molar refractivity (Wildman–Crippen MR) is 132 cm³/mol. The van der Waals surface area contributed by atoms with Gasteiger partial charge < -0.3 is 4.74 Å². The SMILES string of the molecule is CCCCCCCCOc1ccc(CC/C=C/C2CCC(CCCCC)CC2)cc1. The Morgan fingerprint density at radius 3 is 2.20 bits per heavy atom. The van der Waals surface area contributed by atoms with Gasteiger partial charge in [0.05, 0.1) is 6.61 Å². The summed E-state index contributed by atoms with van der Waals surface area (Å²) in [7, 11) is 0. The van der Waals surface area contributed by atoms with Crippen LogP contribution < -0.4 is 4.74 Å². The maximum absolute atomic E-state index is 5.90. The molecule has 0 spiro atoms. The summed E-state index contributed by atoms with van der Waals surface area (Å²) in [5, 5.41) is 0. The largest absolute Gasteiger partial charge is 0.494 e. The molecule has 0 bridgehead atoms. The first-order valence-corrected chi connectivity index (χ1v) is 13.2. The Morgan fingerprint density at radius 1 is 0.800 bits per heavy atom. The van der Waals surface area contributed by atoms with E-state index in [4.69, 9.17) is 4.74 Å². The first-order chi connectivity index (χ1) is 14.8. The first-order valence-electron chi connectivity index (χ1n) is 13.2. The van der Waals surface area contributed by atoms with Gasteiger partial charge in [0, 0.05) is 0 Å². The van der Waals surface area contributed by atoms with E-state index >= 15 is 0 Å². The molecule has 2 rings (SSSR count). The van der Waals surface area contributed by atoms with Gasteiger partial charge >= 0.3 is 0 Å². The van der Waals surface area contributed by atoms with Crippen molar-refractivity contribution in [1.29, 1.82) is 0 Å². The van der Waals surface area contributed by atoms with Crippen molar-refractivity contribution < 1.29 is 4.74 Å². The second-order valence-corrected chi connectivity index (χ2v) is 9.50. The van der Waals surface area contributed by atoms with Crippen LogP contribution in [0.2, 0.25) is 0 Å². The van der Waals surface area contributed by atoms with Crippen LogP contribution in [-0.4, -0.2) is 6.61 Å². The molecule has 0 amide bonds. The average molecular weight is 413 g/mol. The van der Waals surface area contributed by atoms with Crippen LogP contribution in [0.15, 0.2) is 36.4 Å². The fourth-order valence-corrected chi connectivity index (χ4v) is 4.72. The third-order valence-electron chi connectivity index (χ3n) is 6.81. The van der Waals surface area contributed by atoms with Gasteiger partial charge in [0.1, 0.15) is 5.75 Å². The summed E-state index contributed by atoms with van der Waals surface area (Å²) in [4.78, 5) is 0. The maximum Gasteiger partial charge on any atom is 0.119 e. The molecule has 1 aromatic rings. The van der Waals surface area contributed by atoms with E-state index in [1.165, 1.54) is 95.5 Å². The summed E-state index contributed by atoms with van der Waals surface area (Å²) in [6, 6.07) is 8.78. The van der Waals surface area contributed by atoms with Crippen LogP contribution in [0.5, 0.6) is 5.75 Å². The molecular weight excluding hydrogens is 364 g/mol. The number of ether oxygens (including phenoxy) is 1. The third kappa shape index (κ3) is 11.2. The summed E-state index contributed by atoms with van der Waals surface area (Å²) < 4.78 is 5.90. The second kappa shape index (κ2) is 16.5. The molecule has 0 heterocycles.